The first-order chi connectivity index (χ1) is 62.3. The van der Waals surface area contributed by atoms with Gasteiger partial charge < -0.3 is 316 Å². The predicted molar refractivity (Wildman–Crippen MR) is 378 cm³/mol. The highest BCUT2D eigenvalue weighted by Crippen LogP contribution is 2.47. The smallest absolute Gasteiger partial charge is 0.212 e. The molecule has 53 atom stereocenters. The maximum atomic E-state index is 13.3. The molecule has 133 heavy (non-hydrogen) atoms. The number of carboxylic acid groups (broad SMARTS) is 2. The van der Waals surface area contributed by atoms with Crippen molar-refractivity contribution in [2.75, 3.05) is 66.1 Å². The fourth-order valence-corrected chi connectivity index (χ4v) is 17.5. The van der Waals surface area contributed by atoms with Crippen LogP contribution < -0.4 is 29.8 Å². The fraction of sp³-hybridized carbons (Fsp3) is 0.970. The predicted octanol–water partition coefficient (Wildman–Crippen LogP) is -30.0. The summed E-state index contributed by atoms with van der Waals surface area (Å²) < 4.78 is 144. The summed E-state index contributed by atoms with van der Waals surface area (Å²) in [6.45, 7) is -14.5. The van der Waals surface area contributed by atoms with Crippen molar-refractivity contribution in [3.05, 3.63) is 0 Å². The molecule has 0 aliphatic carbocycles. The number of hydrogen-bond acceptors (Lipinski definition) is 64. The van der Waals surface area contributed by atoms with E-state index in [2.05, 4.69) is 4.52 Å². The van der Waals surface area contributed by atoms with Gasteiger partial charge in [0.15, 0.2) is 50.3 Å². The van der Waals surface area contributed by atoms with Crippen LogP contribution >= 0.6 is 15.6 Å². The zero-order valence-corrected chi connectivity index (χ0v) is 70.0. The molecule has 776 valence electrons. The van der Waals surface area contributed by atoms with E-state index in [1.165, 1.54) is 0 Å². The van der Waals surface area contributed by atoms with E-state index in [0.717, 1.165) is 0 Å². The van der Waals surface area contributed by atoms with Crippen molar-refractivity contribution in [2.24, 2.45) is 0 Å². The van der Waals surface area contributed by atoms with Crippen LogP contribution in [0, 0.1) is 0 Å². The number of carboxylic acids is 2. The first kappa shape index (κ1) is 112. The summed E-state index contributed by atoms with van der Waals surface area (Å²) in [4.78, 5) is 78.3. The van der Waals surface area contributed by atoms with Crippen LogP contribution in [0.1, 0.15) is 12.8 Å². The molecule has 0 radical (unpaired) electrons. The normalized spacial score (nSPS) is 48.2. The number of aliphatic carboxylic acids is 2. The van der Waals surface area contributed by atoms with Gasteiger partial charge in [-0.05, 0) is 0 Å². The van der Waals surface area contributed by atoms with Crippen molar-refractivity contribution < 1.29 is 316 Å². The van der Waals surface area contributed by atoms with Crippen molar-refractivity contribution in [1.29, 1.82) is 0 Å². The second-order valence-corrected chi connectivity index (χ2v) is 34.6. The number of aliphatic hydroxyl groups is 33. The van der Waals surface area contributed by atoms with Crippen LogP contribution in [0.25, 0.3) is 0 Å². The molecular formula is C67H108O64P2-6. The first-order valence-corrected chi connectivity index (χ1v) is 43.4. The largest absolute Gasteiger partial charge is 0.790 e. The Labute approximate surface area is 745 Å². The second kappa shape index (κ2) is 46.6. The van der Waals surface area contributed by atoms with Gasteiger partial charge in [-0.3, -0.25) is 0 Å². The maximum absolute atomic E-state index is 13.3. The summed E-state index contributed by atoms with van der Waals surface area (Å²) in [7, 11) is -13.9. The summed E-state index contributed by atoms with van der Waals surface area (Å²) in [5.41, 5.74) is 0. The molecule has 0 amide bonds. The quantitative estimate of drug-likeness (QED) is 0.0254. The zero-order valence-electron chi connectivity index (χ0n) is 68.2. The van der Waals surface area contributed by atoms with Gasteiger partial charge in [0, 0.05) is 12.8 Å². The van der Waals surface area contributed by atoms with E-state index in [9.17, 15) is 217 Å². The van der Waals surface area contributed by atoms with E-state index in [1.807, 2.05) is 0 Å². The van der Waals surface area contributed by atoms with Gasteiger partial charge in [-0.25, -0.2) is 0 Å². The standard InChI is InChI=1S/C67H114O64P2/c68-3-14(78)42-34(92)32(90)35(93)56(117-42)111-12-18(82)45-55(131-133(108,109)110)51(41(99)61(119-45)124-50-40(98)60(118-44(16(80)5-70)54(50)130-132(105,106)107)121-48-19(2-66(104,64(100)101)128-46(48)17(81)6-71)127-67(65(102)103)1-13(77)25(83)43(129-67)15(79)4-69)123-59-39(97)49(29(87)23(10-75)114-59)122-63-53(38(96)47(24(11-76)116-63)120-57-36(94)30(88)26(84)20(7-72)112-57)126-62-52(33(91)28(86)22(9-74)115-62)125-58-37(95)31(89)27(85)21(8-73)113-58/h13-63,68-99,104H,1-12H2,(H,100,101)(H,102,103)(H2,105,106,107)(H2,108,109,110)/p-6/t13-,14+,15-,16+,17-,18-,19-,20-,21-,22-,23-,24-,25-,26+,27+,28+,29-,30+,31+,32+,33+,34+,35+,36-,37-,38+,39-,40+,41+,42-,43-,44-,45-,46-,47-,48-,49+,50-,51-,52-,53-,54-,55-,56+,57+,58-,59-,60-,61+,62-,63-,66-,67-/m1/s1. The van der Waals surface area contributed by atoms with E-state index in [-0.39, 0.29) is 0 Å². The Bertz CT molecular complexity index is 3720. The third kappa shape index (κ3) is 24.6. The molecule has 64 nitrogen and oxygen atoms in total. The molecule has 66 heteroatoms. The summed E-state index contributed by atoms with van der Waals surface area (Å²) in [6, 6.07) is 0. The van der Waals surface area contributed by atoms with Crippen LogP contribution in [0.2, 0.25) is 0 Å². The number of rotatable bonds is 39. The van der Waals surface area contributed by atoms with Gasteiger partial charge in [0.25, 0.3) is 0 Å². The van der Waals surface area contributed by atoms with Crippen molar-refractivity contribution >= 4 is 27.6 Å². The molecule has 33 N–H and O–H groups in total. The molecule has 10 aliphatic heterocycles. The molecular weight excluding hydrogens is 1890 g/mol. The number of hydrogen-bond donors (Lipinski definition) is 33. The Morgan fingerprint density at radius 2 is 0.662 bits per heavy atom. The lowest BCUT2D eigenvalue weighted by molar-refractivity contribution is -0.429. The first-order valence-electron chi connectivity index (χ1n) is 40.4. The Kier molecular flexibility index (Phi) is 39.3. The van der Waals surface area contributed by atoms with Gasteiger partial charge >= 0.3 is 0 Å². The molecule has 0 aromatic carbocycles. The van der Waals surface area contributed by atoms with Crippen LogP contribution in [0.5, 0.6) is 0 Å². The summed E-state index contributed by atoms with van der Waals surface area (Å²) in [5, 5.41) is 391. The Balaban J connectivity index is 1.08. The molecule has 0 unspecified atom stereocenters. The Morgan fingerprint density at radius 1 is 0.316 bits per heavy atom. The van der Waals surface area contributed by atoms with Gasteiger partial charge in [-0.2, -0.15) is 0 Å². The molecule has 0 saturated carbocycles. The SMILES string of the molecule is O=C([O-])[C@@]1(O[C@@H]2C[C@](O)(C(=O)[O-])O[C@H]([C@H](O)CO)[C@@H]2O[C@H]2O[C@H]([C@@H](O)CO)[C@@H](OP(=O)([O-])[O-])[C@H](O[C@@H]3O[C@H]([C@H](O)CO[C@H]4O[C@H]([C@@H](O)CO)[C@@H](O)[C@H](O)[C@@H]4O)[C@@H](OP(=O)([O-])[O-])[C@H](O[C@H]4O[C@H](CO)[C@@H](O)[C@H](O[C@H]5O[C@H](CO)[C@@H](O[C@@H]6O[C@H](CO)[C@H](O)[C@H](O)[C@H]6O)[C@H](O)[C@H]5O[C@H]5O[C@H](CO)[C@H](O)[C@H](O)[C@H]5O[C@H]5O[C@H](CO)[C@H](O)[C@H](O)[C@H]5O)[C@H]4O)[C@@H]3O)[C@@H]2O)C[C@@H](O)[C@@H](O)[C@@H]([C@H](O)CO)O1. The highest BCUT2D eigenvalue weighted by molar-refractivity contribution is 7.43. The molecule has 0 spiro atoms. The van der Waals surface area contributed by atoms with Crippen molar-refractivity contribution in [1.82, 2.24) is 0 Å². The lowest BCUT2D eigenvalue weighted by Gasteiger charge is -2.54. The molecule has 10 rings (SSSR count). The third-order valence-corrected chi connectivity index (χ3v) is 24.5. The zero-order chi connectivity index (χ0) is 98.9. The maximum Gasteiger partial charge on any atom is 0.212 e. The average Bonchev–Trinajstić information content (AvgIpc) is 0.742. The van der Waals surface area contributed by atoms with E-state index in [1.54, 1.807) is 0 Å². The minimum Gasteiger partial charge on any atom is -0.790 e. The van der Waals surface area contributed by atoms with E-state index >= 15 is 0 Å². The number of ether oxygens (including phenoxy) is 19. The topological polar surface area (TPSA) is 1070 Å². The third-order valence-electron chi connectivity index (χ3n) is 23.5. The van der Waals surface area contributed by atoms with Gasteiger partial charge in [0.05, 0.1) is 93.9 Å². The van der Waals surface area contributed by atoms with E-state index in [0.29, 0.717) is 0 Å². The van der Waals surface area contributed by atoms with Gasteiger partial charge in [-0.1, -0.05) is 0 Å². The van der Waals surface area contributed by atoms with Gasteiger partial charge in [0.1, 0.15) is 262 Å². The Hall–Kier alpha value is -2.92. The average molecular weight is 2000 g/mol. The number of carbonyl (C=O) groups is 2. The molecule has 10 heterocycles. The van der Waals surface area contributed by atoms with Crippen LogP contribution in [0.4, 0.5) is 0 Å². The molecule has 10 saturated heterocycles. The number of aliphatic hydroxyl groups excluding tert-OH is 32. The molecule has 0 aromatic heterocycles. The van der Waals surface area contributed by atoms with E-state index in [4.69, 9.17) is 94.5 Å². The lowest BCUT2D eigenvalue weighted by Crippen LogP contribution is -2.72. The summed E-state index contributed by atoms with van der Waals surface area (Å²) in [6.07, 6.45) is -137. The minimum absolute atomic E-state index is 1.14. The number of phosphoric acid groups is 2. The van der Waals surface area contributed by atoms with Crippen LogP contribution in [0.15, 0.2) is 0 Å². The number of carbonyl (C=O) groups excluding carboxylic acids is 2. The summed E-state index contributed by atoms with van der Waals surface area (Å²) in [5.74, 6) is -13.1. The number of phosphoric ester groups is 2. The second-order valence-electron chi connectivity index (χ2n) is 32.4. The molecule has 0 aromatic rings. The van der Waals surface area contributed by atoms with Gasteiger partial charge in [0.2, 0.25) is 11.6 Å². The van der Waals surface area contributed by atoms with Crippen molar-refractivity contribution in [3.63, 3.8) is 0 Å². The van der Waals surface area contributed by atoms with Crippen LogP contribution in [-0.4, -0.2) is 571 Å². The highest BCUT2D eigenvalue weighted by Gasteiger charge is 2.65. The van der Waals surface area contributed by atoms with Crippen LogP contribution in [0.3, 0.4) is 0 Å². The lowest BCUT2D eigenvalue weighted by atomic mass is 9.89. The van der Waals surface area contributed by atoms with Crippen LogP contribution in [-0.2, 0) is 118 Å². The molecule has 0 bridgehead atoms. The molecule has 10 fully saturated rings. The van der Waals surface area contributed by atoms with Crippen molar-refractivity contribution in [2.45, 2.75) is 337 Å². The van der Waals surface area contributed by atoms with Crippen molar-refractivity contribution in [3.8, 4) is 0 Å². The monoisotopic (exact) mass is 2000 g/mol. The Morgan fingerprint density at radius 3 is 1.12 bits per heavy atom. The fourth-order valence-electron chi connectivity index (χ4n) is 16.4. The van der Waals surface area contributed by atoms with E-state index < -0.39 is 431 Å². The summed E-state index contributed by atoms with van der Waals surface area (Å²) >= 11 is 0. The van der Waals surface area contributed by atoms with Gasteiger partial charge in [-0.15, -0.1) is 0 Å². The molecule has 10 aliphatic rings. The highest BCUT2D eigenvalue weighted by atomic mass is 31.2. The minimum atomic E-state index is -6.97.